The molecule has 0 fully saturated rings. The summed E-state index contributed by atoms with van der Waals surface area (Å²) in [7, 11) is 0. The van der Waals surface area contributed by atoms with Crippen LogP contribution in [0.3, 0.4) is 0 Å². The number of nitrogens with one attached hydrogen (secondary N) is 1. The topological polar surface area (TPSA) is 79.5 Å². The second-order valence-electron chi connectivity index (χ2n) is 4.82. The Bertz CT molecular complexity index is 577. The molecule has 0 bridgehead atoms. The van der Waals surface area contributed by atoms with E-state index in [1.807, 2.05) is 13.8 Å². The highest BCUT2D eigenvalue weighted by Gasteiger charge is 2.18. The van der Waals surface area contributed by atoms with Crippen LogP contribution in [0.2, 0.25) is 0 Å². The van der Waals surface area contributed by atoms with Gasteiger partial charge in [0.05, 0.1) is 29.6 Å². The Kier molecular flexibility index (Phi) is 4.68. The minimum atomic E-state index is -0.520. The number of fused-ring (bicyclic) bond motifs is 1. The summed E-state index contributed by atoms with van der Waals surface area (Å²) in [5, 5.41) is 16.9. The molecule has 1 amide bonds. The van der Waals surface area contributed by atoms with Crippen LogP contribution in [0.15, 0.2) is 24.8 Å². The molecular formula is C14H20N4O2. The van der Waals surface area contributed by atoms with Crippen LogP contribution in [0.4, 0.5) is 0 Å². The van der Waals surface area contributed by atoms with E-state index >= 15 is 0 Å². The number of rotatable bonds is 6. The number of aromatic nitrogens is 3. The van der Waals surface area contributed by atoms with Crippen molar-refractivity contribution in [2.75, 3.05) is 6.54 Å². The summed E-state index contributed by atoms with van der Waals surface area (Å²) in [5.74, 6) is -0.0288. The van der Waals surface area contributed by atoms with Crippen LogP contribution in [-0.4, -0.2) is 38.3 Å². The zero-order chi connectivity index (χ0) is 14.5. The van der Waals surface area contributed by atoms with E-state index < -0.39 is 6.10 Å². The van der Waals surface area contributed by atoms with Gasteiger partial charge in [-0.05, 0) is 5.92 Å². The van der Waals surface area contributed by atoms with Gasteiger partial charge >= 0.3 is 0 Å². The van der Waals surface area contributed by atoms with Crippen LogP contribution in [0.5, 0.6) is 0 Å². The van der Waals surface area contributed by atoms with E-state index in [9.17, 15) is 9.90 Å². The van der Waals surface area contributed by atoms with Gasteiger partial charge in [-0.15, -0.1) is 0 Å². The Balaban J connectivity index is 2.02. The van der Waals surface area contributed by atoms with Crippen LogP contribution in [0.25, 0.3) is 5.52 Å². The Hall–Kier alpha value is -1.95. The largest absolute Gasteiger partial charge is 0.391 e. The lowest BCUT2D eigenvalue weighted by molar-refractivity contribution is 0.0818. The van der Waals surface area contributed by atoms with Crippen molar-refractivity contribution in [1.82, 2.24) is 19.9 Å². The summed E-state index contributed by atoms with van der Waals surface area (Å²) in [6.07, 6.45) is 7.68. The van der Waals surface area contributed by atoms with Gasteiger partial charge in [-0.1, -0.05) is 26.7 Å². The predicted octanol–water partition coefficient (Wildman–Crippen LogP) is 1.26. The molecule has 0 saturated heterocycles. The Morgan fingerprint density at radius 1 is 1.40 bits per heavy atom. The number of amides is 1. The van der Waals surface area contributed by atoms with Crippen LogP contribution in [-0.2, 0) is 0 Å². The number of nitrogens with zero attached hydrogens (tertiary/aromatic N) is 3. The number of carbonyl (C=O) groups excluding carboxylic acids is 1. The molecule has 6 heteroatoms. The Morgan fingerprint density at radius 3 is 2.85 bits per heavy atom. The molecular weight excluding hydrogens is 256 g/mol. The van der Waals surface area contributed by atoms with E-state index in [4.69, 9.17) is 0 Å². The highest BCUT2D eigenvalue weighted by atomic mass is 16.3. The second kappa shape index (κ2) is 6.47. The van der Waals surface area contributed by atoms with Crippen LogP contribution < -0.4 is 5.32 Å². The minimum absolute atomic E-state index is 0.209. The zero-order valence-corrected chi connectivity index (χ0v) is 11.8. The van der Waals surface area contributed by atoms with Gasteiger partial charge in [0, 0.05) is 18.9 Å². The summed E-state index contributed by atoms with van der Waals surface area (Å²) in [5.41, 5.74) is 1.12. The Morgan fingerprint density at radius 2 is 2.15 bits per heavy atom. The van der Waals surface area contributed by atoms with Gasteiger partial charge < -0.3 is 10.4 Å². The minimum Gasteiger partial charge on any atom is -0.391 e. The van der Waals surface area contributed by atoms with Gasteiger partial charge in [0.15, 0.2) is 0 Å². The van der Waals surface area contributed by atoms with Crippen molar-refractivity contribution in [3.63, 3.8) is 0 Å². The highest BCUT2D eigenvalue weighted by Crippen LogP contribution is 2.13. The number of carbonyl (C=O) groups is 1. The van der Waals surface area contributed by atoms with Crippen LogP contribution in [0, 0.1) is 5.92 Å². The van der Waals surface area contributed by atoms with Gasteiger partial charge in [-0.25, -0.2) is 4.52 Å². The van der Waals surface area contributed by atoms with E-state index in [0.717, 1.165) is 12.8 Å². The fourth-order valence-electron chi connectivity index (χ4n) is 2.30. The lowest BCUT2D eigenvalue weighted by Gasteiger charge is -2.20. The molecule has 2 aromatic heterocycles. The van der Waals surface area contributed by atoms with Gasteiger partial charge in [0.1, 0.15) is 0 Å². The molecule has 0 aliphatic carbocycles. The fourth-order valence-corrected chi connectivity index (χ4v) is 2.30. The number of hydrogen-bond donors (Lipinski definition) is 2. The maximum absolute atomic E-state index is 12.1. The third-order valence-corrected chi connectivity index (χ3v) is 3.63. The smallest absolute Gasteiger partial charge is 0.255 e. The van der Waals surface area contributed by atoms with Crippen molar-refractivity contribution in [2.45, 2.75) is 32.8 Å². The van der Waals surface area contributed by atoms with Gasteiger partial charge in [-0.3, -0.25) is 9.78 Å². The summed E-state index contributed by atoms with van der Waals surface area (Å²) in [6, 6.07) is 0. The average molecular weight is 276 g/mol. The molecule has 108 valence electrons. The molecule has 0 aliphatic heterocycles. The first-order valence-corrected chi connectivity index (χ1v) is 6.91. The summed E-state index contributed by atoms with van der Waals surface area (Å²) in [4.78, 5) is 16.1. The highest BCUT2D eigenvalue weighted by molar-refractivity contribution is 6.00. The molecule has 6 nitrogen and oxygen atoms in total. The summed E-state index contributed by atoms with van der Waals surface area (Å²) >= 11 is 0. The lowest BCUT2D eigenvalue weighted by atomic mass is 9.96. The first-order valence-electron chi connectivity index (χ1n) is 6.91. The monoisotopic (exact) mass is 276 g/mol. The van der Waals surface area contributed by atoms with Gasteiger partial charge in [-0.2, -0.15) is 5.10 Å². The first kappa shape index (κ1) is 14.5. The second-order valence-corrected chi connectivity index (χ2v) is 4.82. The third kappa shape index (κ3) is 2.96. The molecule has 1 unspecified atom stereocenters. The molecule has 0 aromatic carbocycles. The molecule has 20 heavy (non-hydrogen) atoms. The fraction of sp³-hybridized carbons (Fsp3) is 0.500. The van der Waals surface area contributed by atoms with Crippen molar-refractivity contribution >= 4 is 11.4 Å². The maximum Gasteiger partial charge on any atom is 0.255 e. The first-order chi connectivity index (χ1) is 9.67. The zero-order valence-electron chi connectivity index (χ0n) is 11.8. The number of aliphatic hydroxyl groups excluding tert-OH is 1. The summed E-state index contributed by atoms with van der Waals surface area (Å²) in [6.45, 7) is 4.33. The summed E-state index contributed by atoms with van der Waals surface area (Å²) < 4.78 is 1.60. The van der Waals surface area contributed by atoms with Crippen molar-refractivity contribution < 1.29 is 9.90 Å². The lowest BCUT2D eigenvalue weighted by Crippen LogP contribution is -2.36. The van der Waals surface area contributed by atoms with Gasteiger partial charge in [0.25, 0.3) is 5.91 Å². The predicted molar refractivity (Wildman–Crippen MR) is 75.4 cm³/mol. The van der Waals surface area contributed by atoms with E-state index in [-0.39, 0.29) is 18.4 Å². The van der Waals surface area contributed by atoms with Crippen molar-refractivity contribution in [2.24, 2.45) is 5.92 Å². The van der Waals surface area contributed by atoms with Crippen molar-refractivity contribution in [1.29, 1.82) is 0 Å². The number of aliphatic hydroxyl groups is 1. The molecule has 0 radical (unpaired) electrons. The molecule has 2 aromatic rings. The van der Waals surface area contributed by atoms with E-state index in [1.54, 1.807) is 23.1 Å². The SMILES string of the molecule is CCC(CC)C(O)CNC(=O)c1cnn2ccncc12. The molecule has 0 saturated carbocycles. The third-order valence-electron chi connectivity index (χ3n) is 3.63. The normalized spacial score (nSPS) is 12.8. The van der Waals surface area contributed by atoms with E-state index in [2.05, 4.69) is 15.4 Å². The average Bonchev–Trinajstić information content (AvgIpc) is 2.90. The maximum atomic E-state index is 12.1. The molecule has 1 atom stereocenters. The van der Waals surface area contributed by atoms with E-state index in [0.29, 0.717) is 11.1 Å². The molecule has 2 N–H and O–H groups in total. The van der Waals surface area contributed by atoms with Crippen LogP contribution in [0.1, 0.15) is 37.0 Å². The molecule has 0 aliphatic rings. The van der Waals surface area contributed by atoms with Crippen molar-refractivity contribution in [3.05, 3.63) is 30.4 Å². The Labute approximate surface area is 117 Å². The molecule has 2 rings (SSSR count). The van der Waals surface area contributed by atoms with Crippen molar-refractivity contribution in [3.8, 4) is 0 Å². The molecule has 2 heterocycles. The standard InChI is InChI=1S/C14H20N4O2/c1-3-10(4-2)13(19)9-16-14(20)11-7-17-18-6-5-15-8-12(11)18/h5-8,10,13,19H,3-4,9H2,1-2H3,(H,16,20). The molecule has 0 spiro atoms. The van der Waals surface area contributed by atoms with E-state index in [1.165, 1.54) is 6.20 Å². The number of hydrogen-bond acceptors (Lipinski definition) is 4. The van der Waals surface area contributed by atoms with Gasteiger partial charge in [0.2, 0.25) is 0 Å². The van der Waals surface area contributed by atoms with Crippen LogP contribution >= 0.6 is 0 Å². The quantitative estimate of drug-likeness (QED) is 0.832.